The van der Waals surface area contributed by atoms with Crippen molar-refractivity contribution in [2.24, 2.45) is 22.7 Å². The van der Waals surface area contributed by atoms with Crippen LogP contribution in [0, 0.1) is 34.8 Å². The van der Waals surface area contributed by atoms with Gasteiger partial charge in [0.25, 0.3) is 0 Å². The van der Waals surface area contributed by atoms with Gasteiger partial charge in [-0.25, -0.2) is 12.2 Å². The van der Waals surface area contributed by atoms with Crippen molar-refractivity contribution in [2.75, 3.05) is 0 Å². The fourth-order valence-electron chi connectivity index (χ4n) is 5.01. The van der Waals surface area contributed by atoms with Gasteiger partial charge < -0.3 is 24.8 Å². The maximum Gasteiger partial charge on any atom is -1.00 e. The van der Waals surface area contributed by atoms with Gasteiger partial charge in [0.1, 0.15) is 0 Å². The Balaban J connectivity index is 0.000000490. The topological polar surface area (TPSA) is 0 Å². The quantitative estimate of drug-likeness (QED) is 0.404. The van der Waals surface area contributed by atoms with Gasteiger partial charge in [-0.3, -0.25) is 12.2 Å². The van der Waals surface area contributed by atoms with Crippen LogP contribution in [0.3, 0.4) is 0 Å². The second kappa shape index (κ2) is 14.0. The molecule has 3 heteroatoms. The summed E-state index contributed by atoms with van der Waals surface area (Å²) in [5.41, 5.74) is 7.32. The molecule has 0 amide bonds. The van der Waals surface area contributed by atoms with Crippen LogP contribution in [-0.4, -0.2) is 3.21 Å². The van der Waals surface area contributed by atoms with Crippen molar-refractivity contribution < 1.29 is 49.0 Å². The van der Waals surface area contributed by atoms with Crippen LogP contribution in [0.4, 0.5) is 0 Å². The monoisotopic (exact) mass is 552 g/mol. The Bertz CT molecular complexity index is 676. The Kier molecular flexibility index (Phi) is 14.1. The molecular weight excluding hydrogens is 510 g/mol. The van der Waals surface area contributed by atoms with Gasteiger partial charge in [0.15, 0.2) is 0 Å². The molecule has 0 saturated heterocycles. The Morgan fingerprint density at radius 1 is 0.688 bits per heavy atom. The molecule has 0 nitrogen and oxygen atoms in total. The fourth-order valence-corrected chi connectivity index (χ4v) is 5.01. The summed E-state index contributed by atoms with van der Waals surface area (Å²) in [4.78, 5) is 0. The number of halogens is 2. The molecule has 0 heterocycles. The van der Waals surface area contributed by atoms with E-state index in [2.05, 4.69) is 79.7 Å². The van der Waals surface area contributed by atoms with Gasteiger partial charge in [0, 0.05) is 0 Å². The minimum Gasteiger partial charge on any atom is -1.00 e. The van der Waals surface area contributed by atoms with E-state index in [1.165, 1.54) is 54.6 Å². The van der Waals surface area contributed by atoms with Crippen molar-refractivity contribution in [3.8, 4) is 0 Å². The average Bonchev–Trinajstić information content (AvgIpc) is 3.25. The SMILES string of the molecule is CC(C)(C)C1[C-]=CC2=C1CCCC2.CC(C)(C)C1[C-]=CC2=C1CCCC2.C[C](C)=[Zr+2].[Cl-].[Cl-]. The van der Waals surface area contributed by atoms with E-state index in [-0.39, 0.29) is 24.8 Å². The maximum atomic E-state index is 3.54. The van der Waals surface area contributed by atoms with Crippen molar-refractivity contribution >= 4 is 3.21 Å². The Morgan fingerprint density at radius 3 is 1.25 bits per heavy atom. The summed E-state index contributed by atoms with van der Waals surface area (Å²) in [7, 11) is 0. The third kappa shape index (κ3) is 9.51. The van der Waals surface area contributed by atoms with E-state index in [9.17, 15) is 0 Å². The van der Waals surface area contributed by atoms with Crippen LogP contribution in [0.15, 0.2) is 34.4 Å². The van der Waals surface area contributed by atoms with E-state index < -0.39 is 0 Å². The molecule has 0 aromatic carbocycles. The van der Waals surface area contributed by atoms with Crippen LogP contribution in [0.2, 0.25) is 0 Å². The third-order valence-corrected chi connectivity index (χ3v) is 6.39. The molecule has 4 rings (SSSR count). The number of hydrogen-bond acceptors (Lipinski definition) is 0. The first kappa shape index (κ1) is 32.3. The molecule has 0 aromatic heterocycles. The fraction of sp³-hybridized carbons (Fsp3) is 0.690. The summed E-state index contributed by atoms with van der Waals surface area (Å²) in [5, 5.41) is 0. The Morgan fingerprint density at radius 2 is 0.969 bits per heavy atom. The molecule has 0 aromatic rings. The van der Waals surface area contributed by atoms with Crippen LogP contribution in [0.5, 0.6) is 0 Å². The van der Waals surface area contributed by atoms with Crippen molar-refractivity contribution in [2.45, 2.75) is 107 Å². The van der Waals surface area contributed by atoms with E-state index >= 15 is 0 Å². The van der Waals surface area contributed by atoms with Crippen LogP contribution in [0.1, 0.15) is 107 Å². The van der Waals surface area contributed by atoms with Gasteiger partial charge in [-0.05, 0) is 23.7 Å². The normalized spacial score (nSPS) is 23.7. The standard InChI is InChI=1S/2C13H19.C3H6.2ClH.Zr/c2*1-13(2,3)12-9-8-10-6-4-5-7-11(10)12;1-3-2;;;/h2*8,12H,4-7H2,1-3H3;1-2H3;2*1H;/q2*-1;;;;+2/p-2. The van der Waals surface area contributed by atoms with E-state index in [0.717, 1.165) is 0 Å². The minimum absolute atomic E-state index is 0. The van der Waals surface area contributed by atoms with Crippen molar-refractivity contribution in [3.05, 3.63) is 46.6 Å². The average molecular weight is 555 g/mol. The van der Waals surface area contributed by atoms with E-state index in [1.54, 1.807) is 46.5 Å². The van der Waals surface area contributed by atoms with Gasteiger partial charge in [-0.15, -0.1) is 0 Å². The number of hydrogen-bond donors (Lipinski definition) is 0. The van der Waals surface area contributed by atoms with Gasteiger partial charge in [-0.2, -0.15) is 22.3 Å². The first-order valence-electron chi connectivity index (χ1n) is 12.1. The molecular formula is C29H44Cl2Zr-2. The van der Waals surface area contributed by atoms with Gasteiger partial charge in [0.2, 0.25) is 0 Å². The second-order valence-corrected chi connectivity index (χ2v) is 14.2. The molecule has 180 valence electrons. The summed E-state index contributed by atoms with van der Waals surface area (Å²) in [6.07, 6.45) is 22.4. The molecule has 0 fully saturated rings. The van der Waals surface area contributed by atoms with Crippen molar-refractivity contribution in [3.63, 3.8) is 0 Å². The first-order valence-corrected chi connectivity index (χ1v) is 13.3. The predicted molar refractivity (Wildman–Crippen MR) is 129 cm³/mol. The Labute approximate surface area is 227 Å². The summed E-state index contributed by atoms with van der Waals surface area (Å²) < 4.78 is 1.51. The van der Waals surface area contributed by atoms with Crippen LogP contribution in [0.25, 0.3) is 0 Å². The zero-order valence-electron chi connectivity index (χ0n) is 21.7. The van der Waals surface area contributed by atoms with Crippen molar-refractivity contribution in [1.82, 2.24) is 0 Å². The van der Waals surface area contributed by atoms with E-state index in [1.807, 2.05) is 0 Å². The van der Waals surface area contributed by atoms with Crippen LogP contribution in [-0.2, 0) is 24.2 Å². The van der Waals surface area contributed by atoms with Gasteiger partial charge in [0.05, 0.1) is 0 Å². The number of rotatable bonds is 0. The molecule has 0 aliphatic heterocycles. The zero-order valence-corrected chi connectivity index (χ0v) is 25.7. The first-order chi connectivity index (χ1) is 13.9. The van der Waals surface area contributed by atoms with Gasteiger partial charge >= 0.3 is 41.3 Å². The molecule has 0 spiro atoms. The third-order valence-electron chi connectivity index (χ3n) is 6.39. The molecule has 0 N–H and O–H groups in total. The molecule has 32 heavy (non-hydrogen) atoms. The molecule has 0 radical (unpaired) electrons. The molecule has 2 atom stereocenters. The largest absolute Gasteiger partial charge is 1.00 e. The molecule has 0 bridgehead atoms. The Hall–Kier alpha value is 0.293. The molecule has 2 unspecified atom stereocenters. The second-order valence-electron chi connectivity index (χ2n) is 11.7. The number of allylic oxidation sites excluding steroid dienone is 8. The summed E-state index contributed by atoms with van der Waals surface area (Å²) in [6.45, 7) is 18.2. The van der Waals surface area contributed by atoms with Crippen LogP contribution < -0.4 is 24.8 Å². The summed E-state index contributed by atoms with van der Waals surface area (Å²) in [6, 6.07) is 0. The van der Waals surface area contributed by atoms with Gasteiger partial charge in [-0.1, -0.05) is 91.9 Å². The molecule has 4 aliphatic rings. The van der Waals surface area contributed by atoms with Crippen molar-refractivity contribution in [1.29, 1.82) is 0 Å². The van der Waals surface area contributed by atoms with E-state index in [0.29, 0.717) is 22.7 Å². The summed E-state index contributed by atoms with van der Waals surface area (Å²) in [5.74, 6) is 1.20. The predicted octanol–water partition coefficient (Wildman–Crippen LogP) is 2.54. The van der Waals surface area contributed by atoms with Crippen LogP contribution >= 0.6 is 0 Å². The summed E-state index contributed by atoms with van der Waals surface area (Å²) >= 11 is 1.55. The molecule has 0 saturated carbocycles. The van der Waals surface area contributed by atoms with E-state index in [4.69, 9.17) is 0 Å². The minimum atomic E-state index is 0. The maximum absolute atomic E-state index is 3.54. The molecule has 4 aliphatic carbocycles. The zero-order chi connectivity index (χ0) is 22.5. The smallest absolute Gasteiger partial charge is 1.00 e.